The van der Waals surface area contributed by atoms with Gasteiger partial charge in [0.1, 0.15) is 12.2 Å². The average Bonchev–Trinajstić information content (AvgIpc) is 3.47. The number of fused-ring (bicyclic) bond motifs is 3. The second-order valence-corrected chi connectivity index (χ2v) is 15.9. The molecule has 4 rings (SSSR count). The smallest absolute Gasteiger partial charge is 0.406 e. The van der Waals surface area contributed by atoms with Crippen LogP contribution in [-0.4, -0.2) is 67.2 Å². The number of nitrogens with one attached hydrogen (secondary N) is 1. The van der Waals surface area contributed by atoms with Crippen molar-refractivity contribution in [2.75, 3.05) is 6.61 Å². The number of aliphatic hydroxyl groups is 1. The molecular formula is C21H33N5O7PSi+. The van der Waals surface area contributed by atoms with Crippen LogP contribution >= 0.6 is 8.25 Å². The predicted molar refractivity (Wildman–Crippen MR) is 131 cm³/mol. The maximum absolute atomic E-state index is 12.6. The van der Waals surface area contributed by atoms with Crippen molar-refractivity contribution >= 4 is 33.5 Å². The lowest BCUT2D eigenvalue weighted by molar-refractivity contribution is -0.0491. The van der Waals surface area contributed by atoms with Crippen molar-refractivity contribution in [1.82, 2.24) is 23.9 Å². The second kappa shape index (κ2) is 9.81. The highest BCUT2D eigenvalue weighted by molar-refractivity contribution is 7.32. The topological polar surface area (TPSA) is 153 Å². The third kappa shape index (κ3) is 4.29. The SMILES string of the molecule is CC(C)[Si](O[C@@H]1[C@H](O[P+](=O)O)[C@@H](CO)O[C@H]1n1cnc2c(=O)[nH]c3nccn3c21)(C(C)C)C(C)C. The molecule has 14 heteroatoms. The van der Waals surface area contributed by atoms with Gasteiger partial charge in [0.2, 0.25) is 14.1 Å². The minimum atomic E-state index is -3.00. The van der Waals surface area contributed by atoms with Gasteiger partial charge in [-0.3, -0.25) is 18.7 Å². The lowest BCUT2D eigenvalue weighted by atomic mass is 10.1. The standard InChI is InChI=1S/C21H32N5O7PSi/c1-11(2)35(12(3)4,13(5)6)33-17-16(32-34(29)30)14(9-27)31-20(17)26-10-23-15-18(28)24-21-22-7-8-25(21)19(15)26/h7-8,10-14,16-17,20,27H,9H2,1-6H3,(H-,22,24,28,29,30)/p+1/t14-,16-,17-,20-/m1/s1. The summed E-state index contributed by atoms with van der Waals surface area (Å²) in [6.45, 7) is 12.3. The van der Waals surface area contributed by atoms with Crippen molar-refractivity contribution in [3.63, 3.8) is 0 Å². The van der Waals surface area contributed by atoms with Gasteiger partial charge >= 0.3 is 8.25 Å². The van der Waals surface area contributed by atoms with Crippen molar-refractivity contribution in [3.8, 4) is 0 Å². The Morgan fingerprint density at radius 1 is 1.17 bits per heavy atom. The Hall–Kier alpha value is -1.99. The Morgan fingerprint density at radius 3 is 2.40 bits per heavy atom. The highest BCUT2D eigenvalue weighted by Gasteiger charge is 2.57. The zero-order chi connectivity index (χ0) is 25.7. The summed E-state index contributed by atoms with van der Waals surface area (Å²) < 4.78 is 33.7. The molecule has 0 amide bonds. The van der Waals surface area contributed by atoms with Gasteiger partial charge in [0, 0.05) is 17.0 Å². The zero-order valence-electron chi connectivity index (χ0n) is 20.7. The molecule has 3 aromatic heterocycles. The second-order valence-electron chi connectivity index (χ2n) is 9.85. The van der Waals surface area contributed by atoms with Crippen molar-refractivity contribution in [1.29, 1.82) is 0 Å². The van der Waals surface area contributed by atoms with Gasteiger partial charge in [-0.05, 0) is 16.6 Å². The molecule has 35 heavy (non-hydrogen) atoms. The summed E-state index contributed by atoms with van der Waals surface area (Å²) in [6, 6.07) is 0. The van der Waals surface area contributed by atoms with E-state index in [4.69, 9.17) is 13.7 Å². The first-order valence-electron chi connectivity index (χ1n) is 11.7. The number of hydrogen-bond acceptors (Lipinski definition) is 8. The van der Waals surface area contributed by atoms with Crippen LogP contribution in [0.15, 0.2) is 23.5 Å². The van der Waals surface area contributed by atoms with E-state index >= 15 is 0 Å². The van der Waals surface area contributed by atoms with E-state index < -0.39 is 53.3 Å². The molecular weight excluding hydrogens is 493 g/mol. The van der Waals surface area contributed by atoms with Crippen LogP contribution in [0.3, 0.4) is 0 Å². The lowest BCUT2D eigenvalue weighted by Gasteiger charge is -2.45. The van der Waals surface area contributed by atoms with E-state index in [9.17, 15) is 19.4 Å². The Labute approximate surface area is 204 Å². The van der Waals surface area contributed by atoms with Crippen LogP contribution in [0, 0.1) is 0 Å². The molecule has 0 spiro atoms. The summed E-state index contributed by atoms with van der Waals surface area (Å²) in [4.78, 5) is 33.4. The summed E-state index contributed by atoms with van der Waals surface area (Å²) in [5.74, 6) is 0.333. The largest absolute Gasteiger partial charge is 0.695 e. The van der Waals surface area contributed by atoms with Crippen LogP contribution in [0.4, 0.5) is 0 Å². The number of imidazole rings is 2. The Kier molecular flexibility index (Phi) is 7.31. The Bertz CT molecular complexity index is 1250. The zero-order valence-corrected chi connectivity index (χ0v) is 22.5. The summed E-state index contributed by atoms with van der Waals surface area (Å²) in [7, 11) is -5.54. The highest BCUT2D eigenvalue weighted by atomic mass is 31.1. The van der Waals surface area contributed by atoms with Gasteiger partial charge in [-0.25, -0.2) is 9.97 Å². The Balaban J connectivity index is 1.91. The number of nitrogens with zero attached hydrogens (tertiary/aromatic N) is 4. The van der Waals surface area contributed by atoms with Crippen LogP contribution in [0.25, 0.3) is 16.9 Å². The summed E-state index contributed by atoms with van der Waals surface area (Å²) in [6.07, 6.45) is 1.05. The monoisotopic (exact) mass is 526 g/mol. The average molecular weight is 527 g/mol. The van der Waals surface area contributed by atoms with Gasteiger partial charge in [0.25, 0.3) is 5.56 Å². The highest BCUT2D eigenvalue weighted by Crippen LogP contribution is 2.48. The molecule has 0 saturated carbocycles. The molecule has 0 radical (unpaired) electrons. The van der Waals surface area contributed by atoms with E-state index in [0.29, 0.717) is 11.4 Å². The molecule has 3 N–H and O–H groups in total. The van der Waals surface area contributed by atoms with E-state index in [1.54, 1.807) is 21.4 Å². The van der Waals surface area contributed by atoms with Gasteiger partial charge in [-0.1, -0.05) is 41.5 Å². The number of ether oxygens (including phenoxy) is 1. The number of aliphatic hydroxyl groups excluding tert-OH is 1. The Morgan fingerprint density at radius 2 is 1.83 bits per heavy atom. The van der Waals surface area contributed by atoms with Crippen LogP contribution in [0.1, 0.15) is 47.8 Å². The van der Waals surface area contributed by atoms with E-state index in [0.717, 1.165) is 0 Å². The molecule has 0 aromatic carbocycles. The first-order valence-corrected chi connectivity index (χ1v) is 15.0. The maximum Gasteiger partial charge on any atom is 0.695 e. The van der Waals surface area contributed by atoms with Crippen molar-refractivity contribution in [3.05, 3.63) is 29.1 Å². The van der Waals surface area contributed by atoms with Gasteiger partial charge < -0.3 is 14.3 Å². The minimum Gasteiger partial charge on any atom is -0.406 e. The number of aromatic amines is 1. The fourth-order valence-corrected chi connectivity index (χ4v) is 11.7. The molecule has 1 aliphatic rings. The number of H-pyrrole nitrogens is 1. The maximum atomic E-state index is 12.6. The molecule has 1 unspecified atom stereocenters. The van der Waals surface area contributed by atoms with E-state index in [-0.39, 0.29) is 22.1 Å². The van der Waals surface area contributed by atoms with Gasteiger partial charge in [0.05, 0.1) is 12.9 Å². The van der Waals surface area contributed by atoms with Crippen LogP contribution in [0.2, 0.25) is 16.6 Å². The van der Waals surface area contributed by atoms with E-state index in [1.807, 2.05) is 0 Å². The fraction of sp³-hybridized carbons (Fsp3) is 0.667. The first-order chi connectivity index (χ1) is 16.5. The lowest BCUT2D eigenvalue weighted by Crippen LogP contribution is -2.53. The minimum absolute atomic E-state index is 0.177. The van der Waals surface area contributed by atoms with Crippen LogP contribution in [-0.2, 0) is 18.3 Å². The molecule has 1 aliphatic heterocycles. The third-order valence-corrected chi connectivity index (χ3v) is 13.6. The molecule has 192 valence electrons. The van der Waals surface area contributed by atoms with Crippen molar-refractivity contribution in [2.45, 2.75) is 82.7 Å². The molecule has 1 fully saturated rings. The predicted octanol–water partition coefficient (Wildman–Crippen LogP) is 2.86. The molecule has 4 heterocycles. The van der Waals surface area contributed by atoms with Crippen molar-refractivity contribution < 1.29 is 28.3 Å². The van der Waals surface area contributed by atoms with E-state index in [2.05, 4.69) is 56.5 Å². The van der Waals surface area contributed by atoms with Gasteiger partial charge in [-0.2, -0.15) is 0 Å². The summed E-state index contributed by atoms with van der Waals surface area (Å²) in [5.41, 5.74) is 0.827. The molecule has 5 atom stereocenters. The number of rotatable bonds is 9. The van der Waals surface area contributed by atoms with E-state index in [1.165, 1.54) is 6.33 Å². The van der Waals surface area contributed by atoms with Crippen molar-refractivity contribution in [2.24, 2.45) is 0 Å². The molecule has 0 bridgehead atoms. The quantitative estimate of drug-likeness (QED) is 0.282. The molecule has 1 saturated heterocycles. The normalized spacial score (nSPS) is 24.0. The summed E-state index contributed by atoms with van der Waals surface area (Å²) in [5, 5.41) is 10.1. The number of aromatic nitrogens is 5. The first kappa shape index (κ1) is 26.1. The number of hydrogen-bond donors (Lipinski definition) is 3. The third-order valence-electron chi connectivity index (χ3n) is 7.08. The van der Waals surface area contributed by atoms with Crippen LogP contribution < -0.4 is 5.56 Å². The fourth-order valence-electron chi connectivity index (χ4n) is 5.75. The van der Waals surface area contributed by atoms with Gasteiger partial charge in [-0.15, -0.1) is 9.42 Å². The van der Waals surface area contributed by atoms with Crippen LogP contribution in [0.5, 0.6) is 0 Å². The molecule has 0 aliphatic carbocycles. The molecule has 3 aromatic rings. The molecule has 12 nitrogen and oxygen atoms in total. The summed E-state index contributed by atoms with van der Waals surface area (Å²) >= 11 is 0. The van der Waals surface area contributed by atoms with Gasteiger partial charge in [0.15, 0.2) is 23.5 Å².